The van der Waals surface area contributed by atoms with Crippen molar-refractivity contribution in [2.45, 2.75) is 115 Å². The van der Waals surface area contributed by atoms with E-state index in [9.17, 15) is 0 Å². The van der Waals surface area contributed by atoms with Crippen molar-refractivity contribution in [3.05, 3.63) is 319 Å². The van der Waals surface area contributed by atoms with E-state index in [0.29, 0.717) is 5.89 Å². The van der Waals surface area contributed by atoms with Crippen LogP contribution in [0.15, 0.2) is 266 Å². The number of aryl methyl sites for hydroxylation is 4. The number of rotatable bonds is 9. The first kappa shape index (κ1) is 83.8. The van der Waals surface area contributed by atoms with Gasteiger partial charge in [0.2, 0.25) is 0 Å². The van der Waals surface area contributed by atoms with Crippen LogP contribution in [0, 0.1) is 52.0 Å². The second kappa shape index (κ2) is 33.8. The Morgan fingerprint density at radius 3 is 1.35 bits per heavy atom. The predicted octanol–water partition coefficient (Wildman–Crippen LogP) is 26.6. The molecular formula is C103H91Ge2Ir2N9OS2-4. The molecule has 0 spiro atoms. The number of aromatic nitrogens is 9. The molecule has 0 aliphatic heterocycles. The van der Waals surface area contributed by atoms with Gasteiger partial charge in [-0.1, -0.05) is 154 Å². The third-order valence-corrected chi connectivity index (χ3v) is 33.1. The summed E-state index contributed by atoms with van der Waals surface area (Å²) in [4.78, 5) is 36.0. The molecule has 596 valence electrons. The number of fused-ring (bicyclic) bond motifs is 12. The zero-order chi connectivity index (χ0) is 81.4. The minimum absolute atomic E-state index is 0. The maximum absolute atomic E-state index is 5.72. The van der Waals surface area contributed by atoms with Gasteiger partial charge in [-0.2, -0.15) is 22.7 Å². The van der Waals surface area contributed by atoms with Crippen molar-refractivity contribution in [3.63, 3.8) is 0 Å². The molecule has 0 N–H and O–H groups in total. The Balaban J connectivity index is 0.000000126. The molecule has 20 rings (SSSR count). The van der Waals surface area contributed by atoms with Crippen LogP contribution < -0.4 is 8.79 Å². The summed E-state index contributed by atoms with van der Waals surface area (Å²) in [7, 11) is 0. The molecule has 0 bridgehead atoms. The van der Waals surface area contributed by atoms with E-state index in [1.807, 2.05) is 68.6 Å². The smallest absolute Gasteiger partial charge is 0 e. The maximum Gasteiger partial charge on any atom is 0 e. The molecule has 0 saturated heterocycles. The number of imidazole rings is 2. The summed E-state index contributed by atoms with van der Waals surface area (Å²) in [6.45, 7) is 21.8. The van der Waals surface area contributed by atoms with E-state index < -0.39 is 26.5 Å². The minimum Gasteiger partial charge on any atom is 0 e. The Hall–Kier alpha value is -10.2. The van der Waals surface area contributed by atoms with Gasteiger partial charge < -0.3 is 9.13 Å². The standard InChI is InChI=1S/C34H26N3S.C29H24N3S.C23H22GeN.C17H19GeN2O.2Ir/c1-34(2,3)23-16-18-24(19-17-23)37-30-15-8-7-14-29(30)35-32(37)27-13-9-12-25-26-20-21-28(22-10-5-4-6-11-22)36-33(26)38-31(25)27;1-18-12-17-22-21-8-7-9-23(26(21)33-28(22)30-18)27-31-24-10-5-6-11-25(24)32(27)20-15-13-19(14-16-20)29(2,3)4;1-16-14-23(25-15-22(16)24(2,3)4)21-11-7-10-19-18-9-6-5-8-17(18)12-13-20(19)21;1-11-9-16(19-10-14(11)18(3,4)5)13-7-6-8-15-17(13)21-12(2)20-15;;/h4-12,14-21H,1-3H3;5-8,10-17H,1-4H3;5-10,12-15H,1-4H3;6,8-10H,1-5H3;;/q4*-1;;. The van der Waals surface area contributed by atoms with Crippen molar-refractivity contribution in [2.75, 3.05) is 0 Å². The van der Waals surface area contributed by atoms with Gasteiger partial charge in [0.25, 0.3) is 0 Å². The van der Waals surface area contributed by atoms with Crippen LogP contribution in [-0.2, 0) is 51.0 Å². The Morgan fingerprint density at radius 2 is 0.824 bits per heavy atom. The SMILES string of the molecule is CC(C)(C)c1ccc(-n2c(-c3[c-]ccc4c3sc3nc(-c5ccccc5)ccc34)nc3ccccc32)cc1.Cc1cc(-c2[c-]ccc3c2ccc2ccccc23)nc[c]1[Ge]([CH3])([CH3])[CH3].Cc1ccc2c(n1)sc1c(-c3nc4ccccc4n3-c3ccc(C(C)(C)C)cc3)[c-]ccc12.Cc1nc2cc[c-]c(-c3cc(C)[c]([Ge]([CH3])([CH3])[CH3])cn3)c2o1.[Ir].[Ir]. The van der Waals surface area contributed by atoms with Crippen molar-refractivity contribution in [1.82, 2.24) is 44.0 Å². The number of benzene rings is 11. The van der Waals surface area contributed by atoms with E-state index >= 15 is 0 Å². The minimum atomic E-state index is -1.88. The summed E-state index contributed by atoms with van der Waals surface area (Å²) in [5.41, 5.74) is 22.6. The monoisotopic (exact) mass is 2070 g/mol. The molecular weight excluding hydrogens is 1970 g/mol. The van der Waals surface area contributed by atoms with Gasteiger partial charge in [-0.15, -0.1) is 36.4 Å². The molecule has 10 nitrogen and oxygen atoms in total. The topological polar surface area (TPSA) is 113 Å². The van der Waals surface area contributed by atoms with Crippen LogP contribution in [0.5, 0.6) is 0 Å². The molecule has 0 aliphatic carbocycles. The fourth-order valence-electron chi connectivity index (χ4n) is 15.9. The molecule has 119 heavy (non-hydrogen) atoms. The van der Waals surface area contributed by atoms with Crippen LogP contribution in [0.1, 0.15) is 75.4 Å². The van der Waals surface area contributed by atoms with Gasteiger partial charge >= 0.3 is 280 Å². The largest absolute Gasteiger partial charge is 0 e. The number of hydrogen-bond acceptors (Lipinski definition) is 10. The third kappa shape index (κ3) is 16.8. The second-order valence-electron chi connectivity index (χ2n) is 34.4. The molecule has 20 aromatic rings. The van der Waals surface area contributed by atoms with Crippen LogP contribution in [0.25, 0.3) is 163 Å². The number of nitrogens with zero attached hydrogens (tertiary/aromatic N) is 9. The predicted molar refractivity (Wildman–Crippen MR) is 499 cm³/mol. The molecule has 2 radical (unpaired) electrons. The quantitative estimate of drug-likeness (QED) is 0.0798. The van der Waals surface area contributed by atoms with Crippen LogP contribution in [0.2, 0.25) is 34.5 Å². The van der Waals surface area contributed by atoms with Gasteiger partial charge in [0.05, 0.1) is 39.4 Å². The van der Waals surface area contributed by atoms with E-state index in [1.165, 1.54) is 73.4 Å². The maximum atomic E-state index is 5.72. The van der Waals surface area contributed by atoms with Gasteiger partial charge in [0.15, 0.2) is 0 Å². The van der Waals surface area contributed by atoms with Crippen LogP contribution in [0.4, 0.5) is 0 Å². The Kier molecular flexibility index (Phi) is 23.8. The molecule has 11 aromatic carbocycles. The van der Waals surface area contributed by atoms with Crippen molar-refractivity contribution in [1.29, 1.82) is 0 Å². The average Bonchev–Trinajstić information content (AvgIpc) is 1.60. The molecule has 0 saturated carbocycles. The molecule has 16 heteroatoms. The van der Waals surface area contributed by atoms with Gasteiger partial charge in [-0.25, -0.2) is 9.97 Å². The Bertz CT molecular complexity index is 7180. The molecule has 9 heterocycles. The fourth-order valence-corrected chi connectivity index (χ4v) is 25.5. The van der Waals surface area contributed by atoms with Gasteiger partial charge in [0.1, 0.15) is 9.66 Å². The number of hydrogen-bond donors (Lipinski definition) is 0. The van der Waals surface area contributed by atoms with E-state index in [-0.39, 0.29) is 51.0 Å². The first-order valence-corrected chi connectivity index (χ1v) is 56.2. The number of pyridine rings is 4. The Morgan fingerprint density at radius 1 is 0.370 bits per heavy atom. The van der Waals surface area contributed by atoms with Crippen molar-refractivity contribution in [2.24, 2.45) is 0 Å². The first-order chi connectivity index (χ1) is 56.2. The molecule has 0 aliphatic rings. The van der Waals surface area contributed by atoms with Gasteiger partial charge in [-0.3, -0.25) is 9.97 Å². The van der Waals surface area contributed by atoms with Crippen LogP contribution in [-0.4, -0.2) is 70.6 Å². The van der Waals surface area contributed by atoms with Crippen molar-refractivity contribution in [3.8, 4) is 67.9 Å². The third-order valence-electron chi connectivity index (χ3n) is 21.9. The second-order valence-corrected chi connectivity index (χ2v) is 57.5. The fraction of sp³-hybridized carbons (Fsp3) is 0.175. The summed E-state index contributed by atoms with van der Waals surface area (Å²) < 4.78 is 15.5. The molecule has 9 aromatic heterocycles. The van der Waals surface area contributed by atoms with Crippen LogP contribution >= 0.6 is 22.7 Å². The van der Waals surface area contributed by atoms with Crippen molar-refractivity contribution >= 4 is 153 Å². The van der Waals surface area contributed by atoms with Crippen LogP contribution in [0.3, 0.4) is 0 Å². The van der Waals surface area contributed by atoms with Gasteiger partial charge in [-0.05, 0) is 110 Å². The molecule has 0 atom stereocenters. The normalized spacial score (nSPS) is 11.9. The number of para-hydroxylation sites is 4. The number of oxazole rings is 1. The van der Waals surface area contributed by atoms with E-state index in [2.05, 4.69) is 340 Å². The summed E-state index contributed by atoms with van der Waals surface area (Å²) in [6.07, 6.45) is 4.15. The zero-order valence-electron chi connectivity index (χ0n) is 69.7. The zero-order valence-corrected chi connectivity index (χ0v) is 80.4. The summed E-state index contributed by atoms with van der Waals surface area (Å²) >= 11 is -0.309. The molecule has 0 amide bonds. The van der Waals surface area contributed by atoms with Crippen molar-refractivity contribution < 1.29 is 44.6 Å². The molecule has 0 unspecified atom stereocenters. The number of thiophene rings is 2. The van der Waals surface area contributed by atoms with E-state index in [1.54, 1.807) is 22.7 Å². The first-order valence-electron chi connectivity index (χ1n) is 39.9. The summed E-state index contributed by atoms with van der Waals surface area (Å²) in [6, 6.07) is 101. The summed E-state index contributed by atoms with van der Waals surface area (Å²) in [5, 5.41) is 9.79. The van der Waals surface area contributed by atoms with E-state index in [0.717, 1.165) is 127 Å². The van der Waals surface area contributed by atoms with Gasteiger partial charge in [0, 0.05) is 62.8 Å². The van der Waals surface area contributed by atoms with E-state index in [4.69, 9.17) is 29.3 Å². The average molecular weight is 2060 g/mol. The summed E-state index contributed by atoms with van der Waals surface area (Å²) in [5.74, 6) is 16.9. The Labute approximate surface area is 736 Å². The molecule has 0 fully saturated rings.